The molecule has 0 amide bonds. The Kier molecular flexibility index (Phi) is 3.95. The van der Waals surface area contributed by atoms with Crippen LogP contribution in [0.15, 0.2) is 35.7 Å². The number of aliphatic hydroxyl groups excluding tert-OH is 1. The van der Waals surface area contributed by atoms with Gasteiger partial charge < -0.3 is 5.11 Å². The van der Waals surface area contributed by atoms with E-state index in [4.69, 9.17) is 0 Å². The zero-order valence-electron chi connectivity index (χ0n) is 10.2. The molecule has 1 N–H and O–H groups in total. The predicted octanol–water partition coefficient (Wildman–Crippen LogP) is 3.11. The molecule has 1 aromatic carbocycles. The van der Waals surface area contributed by atoms with Crippen molar-refractivity contribution >= 4 is 17.0 Å². The highest BCUT2D eigenvalue weighted by Crippen LogP contribution is 2.25. The Labute approximate surface area is 114 Å². The predicted molar refractivity (Wildman–Crippen MR) is 74.0 cm³/mol. The van der Waals surface area contributed by atoms with Crippen molar-refractivity contribution in [1.82, 2.24) is 0 Å². The van der Waals surface area contributed by atoms with Crippen molar-refractivity contribution in [3.8, 4) is 11.8 Å². The van der Waals surface area contributed by atoms with E-state index in [1.54, 1.807) is 12.1 Å². The fraction of sp³-hybridized carbons (Fsp3) is 0.143. The third-order valence-corrected chi connectivity index (χ3v) is 3.31. The molecule has 19 heavy (non-hydrogen) atoms. The van der Waals surface area contributed by atoms with Crippen LogP contribution in [0.4, 0.5) is 5.69 Å². The number of rotatable bonds is 2. The SMILES string of the molecule is CC(O)c1cc(C#Cc2cccs2)ccc1[N+](=O)[O-]. The summed E-state index contributed by atoms with van der Waals surface area (Å²) in [5.74, 6) is 5.91. The van der Waals surface area contributed by atoms with Crippen LogP contribution in [0.3, 0.4) is 0 Å². The molecule has 0 aliphatic heterocycles. The van der Waals surface area contributed by atoms with Gasteiger partial charge in [-0.15, -0.1) is 11.3 Å². The maximum atomic E-state index is 10.8. The van der Waals surface area contributed by atoms with E-state index in [1.807, 2.05) is 17.5 Å². The highest BCUT2D eigenvalue weighted by Gasteiger charge is 2.17. The summed E-state index contributed by atoms with van der Waals surface area (Å²) < 4.78 is 0. The summed E-state index contributed by atoms with van der Waals surface area (Å²) in [6, 6.07) is 8.33. The summed E-state index contributed by atoms with van der Waals surface area (Å²) in [4.78, 5) is 11.3. The van der Waals surface area contributed by atoms with Crippen LogP contribution in [0.25, 0.3) is 0 Å². The highest BCUT2D eigenvalue weighted by molar-refractivity contribution is 7.10. The average Bonchev–Trinajstić information content (AvgIpc) is 2.88. The van der Waals surface area contributed by atoms with E-state index in [2.05, 4.69) is 11.8 Å². The molecule has 0 bridgehead atoms. The standard InChI is InChI=1S/C14H11NO3S/c1-10(16)13-9-11(5-7-14(13)15(17)18)4-6-12-3-2-8-19-12/h2-3,5,7-10,16H,1H3. The van der Waals surface area contributed by atoms with Crippen molar-refractivity contribution in [2.45, 2.75) is 13.0 Å². The molecule has 1 aromatic heterocycles. The van der Waals surface area contributed by atoms with Gasteiger partial charge in [0.15, 0.2) is 0 Å². The van der Waals surface area contributed by atoms with Gasteiger partial charge in [0.2, 0.25) is 0 Å². The van der Waals surface area contributed by atoms with E-state index in [1.165, 1.54) is 24.3 Å². The fourth-order valence-corrected chi connectivity index (χ4v) is 2.19. The van der Waals surface area contributed by atoms with Gasteiger partial charge in [0.25, 0.3) is 5.69 Å². The quantitative estimate of drug-likeness (QED) is 0.519. The van der Waals surface area contributed by atoms with Crippen LogP contribution in [0, 0.1) is 22.0 Å². The van der Waals surface area contributed by atoms with Crippen molar-refractivity contribution in [1.29, 1.82) is 0 Å². The van der Waals surface area contributed by atoms with E-state index >= 15 is 0 Å². The van der Waals surface area contributed by atoms with Crippen LogP contribution in [-0.4, -0.2) is 10.0 Å². The van der Waals surface area contributed by atoms with Crippen molar-refractivity contribution in [3.63, 3.8) is 0 Å². The summed E-state index contributed by atoms with van der Waals surface area (Å²) in [6.07, 6.45) is -0.899. The molecular weight excluding hydrogens is 262 g/mol. The summed E-state index contributed by atoms with van der Waals surface area (Å²) in [5.41, 5.74) is 0.842. The molecule has 4 nitrogen and oxygen atoms in total. The molecule has 1 heterocycles. The van der Waals surface area contributed by atoms with Gasteiger partial charge >= 0.3 is 0 Å². The third kappa shape index (κ3) is 3.19. The van der Waals surface area contributed by atoms with Crippen LogP contribution in [0.5, 0.6) is 0 Å². The van der Waals surface area contributed by atoms with E-state index in [0.717, 1.165) is 4.88 Å². The second kappa shape index (κ2) is 5.65. The first-order chi connectivity index (χ1) is 9.08. The topological polar surface area (TPSA) is 63.4 Å². The van der Waals surface area contributed by atoms with E-state index in [-0.39, 0.29) is 11.3 Å². The minimum Gasteiger partial charge on any atom is -0.388 e. The first-order valence-electron chi connectivity index (χ1n) is 5.60. The van der Waals surface area contributed by atoms with E-state index in [0.29, 0.717) is 5.56 Å². The largest absolute Gasteiger partial charge is 0.388 e. The lowest BCUT2D eigenvalue weighted by Crippen LogP contribution is -1.99. The number of aliphatic hydroxyl groups is 1. The summed E-state index contributed by atoms with van der Waals surface area (Å²) >= 11 is 1.53. The molecule has 0 spiro atoms. The zero-order valence-corrected chi connectivity index (χ0v) is 11.0. The number of nitro groups is 1. The molecule has 5 heteroatoms. The fourth-order valence-electron chi connectivity index (χ4n) is 1.62. The van der Waals surface area contributed by atoms with E-state index in [9.17, 15) is 15.2 Å². The van der Waals surface area contributed by atoms with Crippen LogP contribution in [0.2, 0.25) is 0 Å². The molecular formula is C14H11NO3S. The van der Waals surface area contributed by atoms with Gasteiger partial charge in [-0.25, -0.2) is 0 Å². The van der Waals surface area contributed by atoms with Crippen LogP contribution < -0.4 is 0 Å². The smallest absolute Gasteiger partial charge is 0.275 e. The molecule has 0 saturated heterocycles. The van der Waals surface area contributed by atoms with Gasteiger partial charge in [-0.2, -0.15) is 0 Å². The number of nitro benzene ring substituents is 1. The van der Waals surface area contributed by atoms with Gasteiger partial charge in [0, 0.05) is 11.6 Å². The lowest BCUT2D eigenvalue weighted by Gasteiger charge is -2.05. The molecule has 0 fully saturated rings. The summed E-state index contributed by atoms with van der Waals surface area (Å²) in [7, 11) is 0. The summed E-state index contributed by atoms with van der Waals surface area (Å²) in [5, 5.41) is 22.4. The third-order valence-electron chi connectivity index (χ3n) is 2.53. The van der Waals surface area contributed by atoms with Crippen molar-refractivity contribution in [2.24, 2.45) is 0 Å². The first kappa shape index (κ1) is 13.3. The Morgan fingerprint density at radius 1 is 1.37 bits per heavy atom. The highest BCUT2D eigenvalue weighted by atomic mass is 32.1. The Morgan fingerprint density at radius 3 is 2.74 bits per heavy atom. The Bertz CT molecular complexity index is 651. The molecule has 2 rings (SSSR count). The molecule has 96 valence electrons. The molecule has 0 aliphatic carbocycles. The Hall–Kier alpha value is -2.16. The first-order valence-corrected chi connectivity index (χ1v) is 6.48. The lowest BCUT2D eigenvalue weighted by atomic mass is 10.0. The lowest BCUT2D eigenvalue weighted by molar-refractivity contribution is -0.386. The van der Waals surface area contributed by atoms with Crippen LogP contribution >= 0.6 is 11.3 Å². The van der Waals surface area contributed by atoms with E-state index < -0.39 is 11.0 Å². The van der Waals surface area contributed by atoms with Crippen LogP contribution in [0.1, 0.15) is 29.0 Å². The van der Waals surface area contributed by atoms with Gasteiger partial charge in [-0.1, -0.05) is 17.9 Å². The molecule has 0 aliphatic rings. The molecule has 0 saturated carbocycles. The maximum Gasteiger partial charge on any atom is 0.275 e. The van der Waals surface area contributed by atoms with Crippen molar-refractivity contribution in [3.05, 3.63) is 61.8 Å². The number of thiophene rings is 1. The minimum atomic E-state index is -0.899. The van der Waals surface area contributed by atoms with Crippen molar-refractivity contribution in [2.75, 3.05) is 0 Å². The number of hydrogen-bond donors (Lipinski definition) is 1. The zero-order chi connectivity index (χ0) is 13.8. The Morgan fingerprint density at radius 2 is 2.16 bits per heavy atom. The second-order valence-corrected chi connectivity index (χ2v) is 4.88. The number of hydrogen-bond acceptors (Lipinski definition) is 4. The van der Waals surface area contributed by atoms with Gasteiger partial charge in [0.05, 0.1) is 21.5 Å². The second-order valence-electron chi connectivity index (χ2n) is 3.93. The van der Waals surface area contributed by atoms with Gasteiger partial charge in [-0.05, 0) is 30.5 Å². The Balaban J connectivity index is 2.38. The molecule has 1 atom stereocenters. The van der Waals surface area contributed by atoms with Gasteiger partial charge in [0.1, 0.15) is 0 Å². The average molecular weight is 273 g/mol. The molecule has 0 radical (unpaired) electrons. The molecule has 1 unspecified atom stereocenters. The number of benzene rings is 1. The number of nitrogens with zero attached hydrogens (tertiary/aromatic N) is 1. The molecule has 2 aromatic rings. The minimum absolute atomic E-state index is 0.0864. The van der Waals surface area contributed by atoms with Crippen LogP contribution in [-0.2, 0) is 0 Å². The van der Waals surface area contributed by atoms with Gasteiger partial charge in [-0.3, -0.25) is 10.1 Å². The van der Waals surface area contributed by atoms with Crippen molar-refractivity contribution < 1.29 is 10.0 Å². The normalized spacial score (nSPS) is 11.5. The summed E-state index contributed by atoms with van der Waals surface area (Å²) in [6.45, 7) is 1.50. The monoisotopic (exact) mass is 273 g/mol. The maximum absolute atomic E-state index is 10.8.